The fourth-order valence-electron chi connectivity index (χ4n) is 5.19. The number of rotatable bonds is 5. The zero-order valence-corrected chi connectivity index (χ0v) is 19.6. The fourth-order valence-corrected chi connectivity index (χ4v) is 6.62. The Morgan fingerprint density at radius 1 is 1.19 bits per heavy atom. The number of piperazine rings is 1. The van der Waals surface area contributed by atoms with E-state index in [0.717, 1.165) is 42.9 Å². The van der Waals surface area contributed by atoms with Crippen LogP contribution in [0.25, 0.3) is 10.2 Å². The predicted octanol–water partition coefficient (Wildman–Crippen LogP) is 1.24. The molecule has 0 radical (unpaired) electrons. The molecule has 2 atom stereocenters. The van der Waals surface area contributed by atoms with Crippen LogP contribution >= 0.6 is 22.9 Å². The van der Waals surface area contributed by atoms with Crippen LogP contribution in [0.2, 0.25) is 0 Å². The number of thiophene rings is 1. The Bertz CT molecular complexity index is 914. The highest BCUT2D eigenvalue weighted by molar-refractivity contribution is 7.19. The third-order valence-electron chi connectivity index (χ3n) is 6.91. The van der Waals surface area contributed by atoms with Crippen molar-refractivity contribution in [3.8, 4) is 0 Å². The third kappa shape index (κ3) is 4.25. The van der Waals surface area contributed by atoms with Crippen LogP contribution in [0.5, 0.6) is 0 Å². The summed E-state index contributed by atoms with van der Waals surface area (Å²) in [4.78, 5) is 29.5. The Labute approximate surface area is 196 Å². The molecule has 0 spiro atoms. The van der Waals surface area contributed by atoms with Gasteiger partial charge in [0.2, 0.25) is 5.91 Å². The molecule has 0 aliphatic carbocycles. The summed E-state index contributed by atoms with van der Waals surface area (Å²) in [5.41, 5.74) is 5.96. The Kier molecular flexibility index (Phi) is 6.62. The Hall–Kier alpha value is -1.40. The summed E-state index contributed by atoms with van der Waals surface area (Å²) in [6.07, 6.45) is 4.88. The summed E-state index contributed by atoms with van der Waals surface area (Å²) in [6, 6.07) is 2.17. The van der Waals surface area contributed by atoms with Crippen molar-refractivity contribution in [1.29, 1.82) is 0 Å². The average Bonchev–Trinajstić information content (AvgIpc) is 3.24. The van der Waals surface area contributed by atoms with Crippen molar-refractivity contribution in [3.63, 3.8) is 0 Å². The first kappa shape index (κ1) is 22.4. The number of amides is 1. The highest BCUT2D eigenvalue weighted by atomic mass is 35.5. The highest BCUT2D eigenvalue weighted by Gasteiger charge is 2.45. The zero-order valence-electron chi connectivity index (χ0n) is 18.0. The minimum Gasteiger partial charge on any atom is -0.381 e. The van der Waals surface area contributed by atoms with E-state index < -0.39 is 5.54 Å². The van der Waals surface area contributed by atoms with Crippen LogP contribution in [0, 0.1) is 0 Å². The largest absolute Gasteiger partial charge is 0.381 e. The Balaban J connectivity index is 1.38. The number of alkyl halides is 1. The van der Waals surface area contributed by atoms with Gasteiger partial charge in [0, 0.05) is 63.6 Å². The van der Waals surface area contributed by atoms with E-state index in [2.05, 4.69) is 30.7 Å². The summed E-state index contributed by atoms with van der Waals surface area (Å²) in [7, 11) is 0. The Morgan fingerprint density at radius 2 is 1.97 bits per heavy atom. The first-order valence-corrected chi connectivity index (χ1v) is 12.4. The molecule has 5 heterocycles. The third-order valence-corrected chi connectivity index (χ3v) is 8.28. The molecule has 0 bridgehead atoms. The molecule has 3 fully saturated rings. The second kappa shape index (κ2) is 9.46. The van der Waals surface area contributed by atoms with Crippen molar-refractivity contribution in [2.24, 2.45) is 5.73 Å². The van der Waals surface area contributed by atoms with Gasteiger partial charge in [0.25, 0.3) is 0 Å². The predicted molar refractivity (Wildman–Crippen MR) is 122 cm³/mol. The second-order valence-corrected chi connectivity index (χ2v) is 10.2. The van der Waals surface area contributed by atoms with E-state index in [-0.39, 0.29) is 17.6 Å². The summed E-state index contributed by atoms with van der Waals surface area (Å²) < 4.78 is 12.2. The normalized spacial score (nSPS) is 26.8. The first-order chi connectivity index (χ1) is 15.6. The summed E-state index contributed by atoms with van der Waals surface area (Å²) in [6.45, 7) is 6.51. The van der Waals surface area contributed by atoms with E-state index in [0.29, 0.717) is 39.2 Å². The molecular weight excluding hydrogens is 452 g/mol. The van der Waals surface area contributed by atoms with Gasteiger partial charge in [-0.25, -0.2) is 9.97 Å². The molecule has 0 aromatic carbocycles. The van der Waals surface area contributed by atoms with Crippen LogP contribution in [0.1, 0.15) is 23.9 Å². The highest BCUT2D eigenvalue weighted by Crippen LogP contribution is 2.37. The van der Waals surface area contributed by atoms with E-state index in [1.165, 1.54) is 4.88 Å². The molecule has 3 saturated heterocycles. The van der Waals surface area contributed by atoms with Gasteiger partial charge in [-0.3, -0.25) is 19.5 Å². The second-order valence-electron chi connectivity index (χ2n) is 8.60. The van der Waals surface area contributed by atoms with Gasteiger partial charge in [0.15, 0.2) is 0 Å². The van der Waals surface area contributed by atoms with Gasteiger partial charge in [-0.1, -0.05) is 11.6 Å². The Morgan fingerprint density at radius 3 is 2.66 bits per heavy atom. The van der Waals surface area contributed by atoms with Crippen molar-refractivity contribution in [2.45, 2.75) is 30.1 Å². The van der Waals surface area contributed by atoms with Gasteiger partial charge in [-0.2, -0.15) is 0 Å². The lowest BCUT2D eigenvalue weighted by molar-refractivity contribution is -0.141. The van der Waals surface area contributed by atoms with Crippen molar-refractivity contribution < 1.29 is 14.3 Å². The zero-order chi connectivity index (χ0) is 22.1. The number of ether oxygens (including phenoxy) is 2. The number of carbonyl (C=O) groups is 1. The molecule has 9 nitrogen and oxygen atoms in total. The molecule has 2 N–H and O–H groups in total. The van der Waals surface area contributed by atoms with Gasteiger partial charge in [0.1, 0.15) is 17.4 Å². The molecule has 2 aromatic rings. The SMILES string of the molecule is NC(=O)C1(N2CCN(C(c3cc4ncncc4s3)N3CCOC(Cl)C3)CC2)CCOCC1. The monoisotopic (exact) mass is 480 g/mol. The molecule has 1 amide bonds. The van der Waals surface area contributed by atoms with Crippen LogP contribution < -0.4 is 5.73 Å². The number of nitrogens with two attached hydrogens (primary N) is 1. The summed E-state index contributed by atoms with van der Waals surface area (Å²) >= 11 is 8.10. The van der Waals surface area contributed by atoms with Gasteiger partial charge in [-0.15, -0.1) is 11.3 Å². The number of primary amides is 1. The van der Waals surface area contributed by atoms with Crippen molar-refractivity contribution in [3.05, 3.63) is 23.5 Å². The molecule has 3 aliphatic heterocycles. The number of halogens is 1. The maximum absolute atomic E-state index is 12.5. The molecule has 5 rings (SSSR count). The average molecular weight is 481 g/mol. The van der Waals surface area contributed by atoms with Gasteiger partial charge >= 0.3 is 0 Å². The van der Waals surface area contributed by atoms with Crippen molar-refractivity contribution in [1.82, 2.24) is 24.7 Å². The molecule has 3 aliphatic rings. The molecule has 32 heavy (non-hydrogen) atoms. The standard InChI is InChI=1S/C21H29ClN6O3S/c22-18-13-27(7-10-31-18)19(16-11-15-17(32-16)12-24-14-25-15)26-3-5-28(6-4-26)21(20(23)29)1-8-30-9-2-21/h11-12,14,18-19H,1-10,13H2,(H2,23,29). The number of nitrogens with zero attached hydrogens (tertiary/aromatic N) is 5. The minimum atomic E-state index is -0.590. The molecule has 174 valence electrons. The van der Waals surface area contributed by atoms with Crippen LogP contribution in [0.3, 0.4) is 0 Å². The number of hydrogen-bond acceptors (Lipinski definition) is 9. The number of aromatic nitrogens is 2. The lowest BCUT2D eigenvalue weighted by atomic mass is 9.86. The fraction of sp³-hybridized carbons (Fsp3) is 0.667. The lowest BCUT2D eigenvalue weighted by Crippen LogP contribution is -2.65. The number of morpholine rings is 1. The van der Waals surface area contributed by atoms with Gasteiger partial charge in [-0.05, 0) is 18.9 Å². The maximum atomic E-state index is 12.5. The lowest BCUT2D eigenvalue weighted by Gasteiger charge is -2.50. The van der Waals surface area contributed by atoms with Crippen molar-refractivity contribution in [2.75, 3.05) is 59.1 Å². The topological polar surface area (TPSA) is 97.1 Å². The van der Waals surface area contributed by atoms with Crippen LogP contribution in [-0.2, 0) is 14.3 Å². The summed E-state index contributed by atoms with van der Waals surface area (Å²) in [5, 5.41) is 0. The van der Waals surface area contributed by atoms with Gasteiger partial charge in [0.05, 0.1) is 23.0 Å². The van der Waals surface area contributed by atoms with E-state index in [9.17, 15) is 4.79 Å². The molecule has 2 unspecified atom stereocenters. The van der Waals surface area contributed by atoms with Crippen molar-refractivity contribution >= 4 is 39.1 Å². The van der Waals surface area contributed by atoms with E-state index in [4.69, 9.17) is 26.8 Å². The number of fused-ring (bicyclic) bond motifs is 1. The quantitative estimate of drug-likeness (QED) is 0.638. The van der Waals surface area contributed by atoms with Crippen LogP contribution in [-0.4, -0.2) is 101 Å². The molecule has 0 saturated carbocycles. The van der Waals surface area contributed by atoms with E-state index in [1.807, 2.05) is 6.20 Å². The smallest absolute Gasteiger partial charge is 0.238 e. The minimum absolute atomic E-state index is 0.0840. The molecule has 11 heteroatoms. The number of carbonyl (C=O) groups excluding carboxylic acids is 1. The van der Waals surface area contributed by atoms with Crippen LogP contribution in [0.15, 0.2) is 18.6 Å². The summed E-state index contributed by atoms with van der Waals surface area (Å²) in [5.74, 6) is -0.230. The van der Waals surface area contributed by atoms with Crippen LogP contribution in [0.4, 0.5) is 0 Å². The molecular formula is C21H29ClN6O3S. The van der Waals surface area contributed by atoms with E-state index >= 15 is 0 Å². The van der Waals surface area contributed by atoms with Gasteiger partial charge < -0.3 is 15.2 Å². The number of hydrogen-bond donors (Lipinski definition) is 1. The maximum Gasteiger partial charge on any atom is 0.238 e. The van der Waals surface area contributed by atoms with E-state index in [1.54, 1.807) is 17.7 Å². The first-order valence-electron chi connectivity index (χ1n) is 11.1. The molecule has 2 aromatic heterocycles.